The van der Waals surface area contributed by atoms with E-state index < -0.39 is 0 Å². The number of anilines is 5. The first-order valence-corrected chi connectivity index (χ1v) is 15.3. The lowest BCUT2D eigenvalue weighted by Crippen LogP contribution is -2.17. The number of hydrogen-bond acceptors (Lipinski definition) is 2. The predicted octanol–water partition coefficient (Wildman–Crippen LogP) is 11.6. The van der Waals surface area contributed by atoms with Crippen molar-refractivity contribution in [3.63, 3.8) is 0 Å². The molecule has 0 unspecified atom stereocenters. The molecule has 6 aromatic carbocycles. The van der Waals surface area contributed by atoms with Crippen molar-refractivity contribution in [3.05, 3.63) is 200 Å². The van der Waals surface area contributed by atoms with Gasteiger partial charge in [-0.15, -0.1) is 0 Å². The second kappa shape index (κ2) is 12.8. The first kappa shape index (κ1) is 27.9. The van der Waals surface area contributed by atoms with E-state index in [9.17, 15) is 0 Å². The maximum Gasteiger partial charge on any atom is 0.0493 e. The monoisotopic (exact) mass is 578 g/mol. The lowest BCUT2D eigenvalue weighted by atomic mass is 9.96. The predicted molar refractivity (Wildman–Crippen MR) is 193 cm³/mol. The summed E-state index contributed by atoms with van der Waals surface area (Å²) in [6.07, 6.45) is 6.67. The summed E-state index contributed by atoms with van der Waals surface area (Å²) in [7, 11) is 0. The first-order chi connectivity index (χ1) is 22.2. The maximum atomic E-state index is 4.49. The highest BCUT2D eigenvalue weighted by atomic mass is 15.1. The molecule has 0 saturated heterocycles. The van der Waals surface area contributed by atoms with Gasteiger partial charge < -0.3 is 9.80 Å². The summed E-state index contributed by atoms with van der Waals surface area (Å²) in [5, 5.41) is 0. The smallest absolute Gasteiger partial charge is 0.0493 e. The third-order valence-corrected chi connectivity index (χ3v) is 8.23. The zero-order chi connectivity index (χ0) is 30.4. The highest BCUT2D eigenvalue weighted by Gasteiger charge is 2.16. The fraction of sp³-hybridized carbons (Fsp3) is 0.0233. The highest BCUT2D eigenvalue weighted by molar-refractivity contribution is 5.92. The van der Waals surface area contributed by atoms with Crippen LogP contribution in [0.4, 0.5) is 28.4 Å². The molecule has 7 rings (SSSR count). The van der Waals surface area contributed by atoms with Gasteiger partial charge in [0, 0.05) is 40.5 Å². The molecule has 0 N–H and O–H groups in total. The Morgan fingerprint density at radius 2 is 0.978 bits per heavy atom. The van der Waals surface area contributed by atoms with Crippen LogP contribution in [0.1, 0.15) is 11.1 Å². The van der Waals surface area contributed by atoms with E-state index in [1.165, 1.54) is 11.1 Å². The van der Waals surface area contributed by atoms with Gasteiger partial charge in [-0.05, 0) is 88.5 Å². The largest absolute Gasteiger partial charge is 0.337 e. The molecule has 6 aromatic rings. The molecule has 1 heterocycles. The quantitative estimate of drug-likeness (QED) is 0.194. The fourth-order valence-electron chi connectivity index (χ4n) is 5.97. The van der Waals surface area contributed by atoms with Gasteiger partial charge in [0.2, 0.25) is 0 Å². The molecule has 1 aliphatic rings. The molecule has 216 valence electrons. The van der Waals surface area contributed by atoms with Gasteiger partial charge in [0.1, 0.15) is 0 Å². The normalized spacial score (nSPS) is 14.7. The Morgan fingerprint density at radius 1 is 0.489 bits per heavy atom. The Kier molecular flexibility index (Phi) is 7.94. The van der Waals surface area contributed by atoms with Crippen LogP contribution in [0.25, 0.3) is 22.3 Å². The Balaban J connectivity index is 1.16. The molecule has 2 nitrogen and oxygen atoms in total. The van der Waals surface area contributed by atoms with Crippen LogP contribution >= 0.6 is 0 Å². The highest BCUT2D eigenvalue weighted by Crippen LogP contribution is 2.37. The van der Waals surface area contributed by atoms with Crippen molar-refractivity contribution in [2.45, 2.75) is 0 Å². The minimum atomic E-state index is 0.763. The van der Waals surface area contributed by atoms with Gasteiger partial charge in [0.15, 0.2) is 0 Å². The van der Waals surface area contributed by atoms with Crippen LogP contribution in [0.15, 0.2) is 189 Å². The van der Waals surface area contributed by atoms with Crippen LogP contribution in [0, 0.1) is 0 Å². The Morgan fingerprint density at radius 3 is 1.60 bits per heavy atom. The van der Waals surface area contributed by atoms with E-state index in [2.05, 4.69) is 198 Å². The standard InChI is InChI=1S/C43H34N2/c1-33-32-37(14-13-31-44(38-15-5-2-6-16-38)43-22-12-11-21-42(33)43)36-25-23-34(24-26-36)35-27-29-41(30-28-35)45(39-17-7-3-8-18-39)40-19-9-4-10-20-40/h2-30,32H,1,31H2/b14-13-,37-32+. The summed E-state index contributed by atoms with van der Waals surface area (Å²) in [6, 6.07) is 57.8. The third kappa shape index (κ3) is 6.00. The van der Waals surface area contributed by atoms with Crippen molar-refractivity contribution in [3.8, 4) is 11.1 Å². The van der Waals surface area contributed by atoms with E-state index in [0.717, 1.165) is 57.3 Å². The van der Waals surface area contributed by atoms with E-state index in [1.807, 2.05) is 0 Å². The van der Waals surface area contributed by atoms with Crippen LogP contribution in [-0.2, 0) is 0 Å². The minimum absolute atomic E-state index is 0.763. The van der Waals surface area contributed by atoms with E-state index >= 15 is 0 Å². The van der Waals surface area contributed by atoms with Gasteiger partial charge in [0.25, 0.3) is 0 Å². The molecule has 2 heteroatoms. The molecule has 1 aliphatic heterocycles. The molecule has 45 heavy (non-hydrogen) atoms. The summed E-state index contributed by atoms with van der Waals surface area (Å²) in [5.74, 6) is 0. The number of hydrogen-bond donors (Lipinski definition) is 0. The van der Waals surface area contributed by atoms with E-state index in [0.29, 0.717) is 0 Å². The molecule has 0 fully saturated rings. The Hall–Kier alpha value is -5.86. The van der Waals surface area contributed by atoms with Gasteiger partial charge in [0.05, 0.1) is 0 Å². The molecule has 0 radical (unpaired) electrons. The van der Waals surface area contributed by atoms with Crippen LogP contribution < -0.4 is 9.80 Å². The van der Waals surface area contributed by atoms with Crippen LogP contribution in [0.3, 0.4) is 0 Å². The molecular weight excluding hydrogens is 544 g/mol. The Bertz CT molecular complexity index is 1910. The zero-order valence-electron chi connectivity index (χ0n) is 25.1. The van der Waals surface area contributed by atoms with E-state index in [1.54, 1.807) is 0 Å². The van der Waals surface area contributed by atoms with Crippen molar-refractivity contribution in [1.82, 2.24) is 0 Å². The number of para-hydroxylation sites is 4. The summed E-state index contributed by atoms with van der Waals surface area (Å²) in [5.41, 5.74) is 12.5. The lowest BCUT2D eigenvalue weighted by molar-refractivity contribution is 1.09. The van der Waals surface area contributed by atoms with Crippen molar-refractivity contribution < 1.29 is 0 Å². The number of benzene rings is 6. The Labute approximate surface area is 266 Å². The minimum Gasteiger partial charge on any atom is -0.337 e. The fourth-order valence-corrected chi connectivity index (χ4v) is 5.97. The SMILES string of the molecule is C=C1/C=C(c2ccc(-c3ccc(N(c4ccccc4)c4ccccc4)cc3)cc2)\C=C/CN(c2ccccc2)c2ccccc21. The summed E-state index contributed by atoms with van der Waals surface area (Å²) < 4.78 is 0. The molecule has 0 aliphatic carbocycles. The maximum absolute atomic E-state index is 4.49. The second-order valence-corrected chi connectivity index (χ2v) is 11.1. The lowest BCUT2D eigenvalue weighted by Gasteiger charge is -2.26. The number of rotatable bonds is 6. The van der Waals surface area contributed by atoms with Gasteiger partial charge in [-0.3, -0.25) is 0 Å². The summed E-state index contributed by atoms with van der Waals surface area (Å²) >= 11 is 0. The van der Waals surface area contributed by atoms with Gasteiger partial charge >= 0.3 is 0 Å². The average molecular weight is 579 g/mol. The third-order valence-electron chi connectivity index (χ3n) is 8.23. The van der Waals surface area contributed by atoms with Crippen molar-refractivity contribution in [2.75, 3.05) is 16.3 Å². The van der Waals surface area contributed by atoms with E-state index in [-0.39, 0.29) is 0 Å². The van der Waals surface area contributed by atoms with E-state index in [4.69, 9.17) is 0 Å². The number of nitrogens with zero attached hydrogens (tertiary/aromatic N) is 2. The molecular formula is C43H34N2. The topological polar surface area (TPSA) is 6.48 Å². The molecule has 0 amide bonds. The number of fused-ring (bicyclic) bond motifs is 1. The van der Waals surface area contributed by atoms with Gasteiger partial charge in [-0.2, -0.15) is 0 Å². The van der Waals surface area contributed by atoms with Crippen molar-refractivity contribution in [2.24, 2.45) is 0 Å². The number of allylic oxidation sites excluding steroid dienone is 4. The molecule has 0 spiro atoms. The molecule has 0 atom stereocenters. The molecule has 0 bridgehead atoms. The molecule has 0 aromatic heterocycles. The summed E-state index contributed by atoms with van der Waals surface area (Å²) in [4.78, 5) is 4.63. The van der Waals surface area contributed by atoms with Crippen LogP contribution in [0.2, 0.25) is 0 Å². The average Bonchev–Trinajstić information content (AvgIpc) is 3.18. The summed E-state index contributed by atoms with van der Waals surface area (Å²) in [6.45, 7) is 5.26. The van der Waals surface area contributed by atoms with Crippen LogP contribution in [-0.4, -0.2) is 6.54 Å². The van der Waals surface area contributed by atoms with Crippen molar-refractivity contribution in [1.29, 1.82) is 0 Å². The van der Waals surface area contributed by atoms with Gasteiger partial charge in [-0.1, -0.05) is 128 Å². The zero-order valence-corrected chi connectivity index (χ0v) is 25.1. The molecule has 0 saturated carbocycles. The van der Waals surface area contributed by atoms with Crippen LogP contribution in [0.5, 0.6) is 0 Å². The van der Waals surface area contributed by atoms with Crippen molar-refractivity contribution >= 4 is 39.6 Å². The second-order valence-electron chi connectivity index (χ2n) is 11.1. The van der Waals surface area contributed by atoms with Gasteiger partial charge in [-0.25, -0.2) is 0 Å². The first-order valence-electron chi connectivity index (χ1n) is 15.3.